The Morgan fingerprint density at radius 3 is 1.79 bits per heavy atom. The van der Waals surface area contributed by atoms with E-state index in [4.69, 9.17) is 18.9 Å². The number of hydrogen-bond donors (Lipinski definition) is 6. The predicted octanol–water partition coefficient (Wildman–Crippen LogP) is -4.10. The molecular formula is C42H68MgO20. The van der Waals surface area contributed by atoms with E-state index in [-0.39, 0.29) is 79.3 Å². The predicted molar refractivity (Wildman–Crippen MR) is 214 cm³/mol. The summed E-state index contributed by atoms with van der Waals surface area (Å²) in [6.45, 7) is 14.8. The molecule has 0 amide bonds. The molecule has 0 radical (unpaired) electrons. The number of carboxylic acid groups (broad SMARTS) is 3. The van der Waals surface area contributed by atoms with E-state index in [2.05, 4.69) is 27.7 Å². The van der Waals surface area contributed by atoms with Gasteiger partial charge in [-0.3, -0.25) is 9.59 Å². The first-order valence-corrected chi connectivity index (χ1v) is 20.7. The van der Waals surface area contributed by atoms with Crippen molar-refractivity contribution in [3.05, 3.63) is 11.6 Å². The van der Waals surface area contributed by atoms with Crippen molar-refractivity contribution >= 4 is 46.7 Å². The standard InChI is InChI=1S/C42H62O16.Mg.4H2O/c1-37(2)21-8-11-42(7)31(20(43)16-18-19-17-39(4,36(53)54)13-12-38(19,3)14-15-41(18,42)6)40(21,5)10-9-22(37)55-35-30(26(47)25(46)29(57-35)33(51)52)58-34-27(48)23(44)24(45)28(56-34)32(49)50;;;;;/h16,19,21-31,34-35,44-48H,8-15,17H2,1-7H3,(H,49,50)(H,51,52)(H,53,54);;4*1H2/q;+2;;;;/p-2/t19-,21+,22+,23+,24+,25+,26+,27-,28+,29+,30-,31-,34+,35+,38-,39+,40+,41-,42-;;;;;/m1...../s1. The Bertz CT molecular complexity index is 1750. The van der Waals surface area contributed by atoms with Crippen LogP contribution in [0.5, 0.6) is 0 Å². The van der Waals surface area contributed by atoms with Gasteiger partial charge in [0.1, 0.15) is 48.8 Å². The van der Waals surface area contributed by atoms with E-state index in [1.807, 2.05) is 26.8 Å². The van der Waals surface area contributed by atoms with E-state index in [0.717, 1.165) is 24.8 Å². The number of carboxylic acids is 3. The quantitative estimate of drug-likeness (QED) is 0.104. The molecule has 0 aromatic heterocycles. The fourth-order valence-corrected chi connectivity index (χ4v) is 13.4. The topological polar surface area (TPSA) is 399 Å². The molecule has 0 aromatic carbocycles. The minimum Gasteiger partial charge on any atom is -0.547 e. The molecule has 7 rings (SSSR count). The number of rotatable bonds is 7. The smallest absolute Gasteiger partial charge is 0.547 e. The van der Waals surface area contributed by atoms with E-state index >= 15 is 0 Å². The van der Waals surface area contributed by atoms with Crippen molar-refractivity contribution < 1.29 is 101 Å². The Labute approximate surface area is 382 Å². The summed E-state index contributed by atoms with van der Waals surface area (Å²) in [4.78, 5) is 51.1. The third-order valence-corrected chi connectivity index (χ3v) is 17.2. The first-order valence-electron chi connectivity index (χ1n) is 20.7. The number of carbonyl (C=O) groups excluding carboxylic acids is 3. The molecule has 5 aliphatic carbocycles. The number of hydrogen-bond acceptors (Lipinski definition) is 15. The Morgan fingerprint density at radius 1 is 0.698 bits per heavy atom. The second kappa shape index (κ2) is 19.0. The molecule has 0 spiro atoms. The zero-order valence-electron chi connectivity index (χ0n) is 37.0. The van der Waals surface area contributed by atoms with Crippen LogP contribution >= 0.6 is 0 Å². The minimum absolute atomic E-state index is 0. The zero-order chi connectivity index (χ0) is 42.9. The van der Waals surface area contributed by atoms with Crippen molar-refractivity contribution in [1.29, 1.82) is 0 Å². The first-order chi connectivity index (χ1) is 26.8. The molecule has 2 aliphatic heterocycles. The molecule has 4 saturated carbocycles. The van der Waals surface area contributed by atoms with E-state index in [1.165, 1.54) is 0 Å². The summed E-state index contributed by atoms with van der Waals surface area (Å²) in [5.74, 6) is -5.04. The second-order valence-electron chi connectivity index (χ2n) is 20.6. The summed E-state index contributed by atoms with van der Waals surface area (Å²) >= 11 is 0. The van der Waals surface area contributed by atoms with Gasteiger partial charge in [-0.05, 0) is 110 Å². The normalized spacial score (nSPS) is 48.4. The van der Waals surface area contributed by atoms with Crippen molar-refractivity contribution in [3.63, 3.8) is 0 Å². The molecule has 63 heavy (non-hydrogen) atoms. The van der Waals surface area contributed by atoms with Crippen LogP contribution in [0.1, 0.15) is 106 Å². The summed E-state index contributed by atoms with van der Waals surface area (Å²) in [5, 5.41) is 87.1. The summed E-state index contributed by atoms with van der Waals surface area (Å²) in [5.41, 5.74) is -1.89. The maximum absolute atomic E-state index is 14.8. The van der Waals surface area contributed by atoms with Crippen molar-refractivity contribution in [2.24, 2.45) is 50.2 Å². The molecule has 7 aliphatic rings. The molecule has 2 heterocycles. The van der Waals surface area contributed by atoms with Crippen LogP contribution in [0.3, 0.4) is 0 Å². The van der Waals surface area contributed by atoms with Gasteiger partial charge in [0.15, 0.2) is 18.4 Å². The monoisotopic (exact) mass is 916 g/mol. The van der Waals surface area contributed by atoms with E-state index < -0.39 is 107 Å². The maximum atomic E-state index is 14.8. The van der Waals surface area contributed by atoms with Crippen LogP contribution in [0.15, 0.2) is 11.6 Å². The van der Waals surface area contributed by atoms with Crippen LogP contribution in [0.25, 0.3) is 0 Å². The number of ketones is 1. The minimum atomic E-state index is -2.15. The average Bonchev–Trinajstić information content (AvgIpc) is 3.13. The van der Waals surface area contributed by atoms with Crippen LogP contribution in [-0.4, -0.2) is 167 Å². The van der Waals surface area contributed by atoms with Crippen LogP contribution < -0.4 is 10.2 Å². The Hall–Kier alpha value is -1.93. The molecule has 0 bridgehead atoms. The van der Waals surface area contributed by atoms with Crippen LogP contribution in [-0.2, 0) is 38.1 Å². The van der Waals surface area contributed by atoms with Crippen LogP contribution in [0.2, 0.25) is 0 Å². The van der Waals surface area contributed by atoms with Crippen molar-refractivity contribution in [2.75, 3.05) is 0 Å². The van der Waals surface area contributed by atoms with Crippen molar-refractivity contribution in [3.8, 4) is 0 Å². The Kier molecular flexibility index (Phi) is 17.2. The van der Waals surface area contributed by atoms with Crippen LogP contribution in [0, 0.1) is 50.2 Å². The third kappa shape index (κ3) is 8.53. The summed E-state index contributed by atoms with van der Waals surface area (Å²) < 4.78 is 23.1. The van der Waals surface area contributed by atoms with Gasteiger partial charge in [0.2, 0.25) is 0 Å². The molecule has 21 heteroatoms. The molecule has 2 saturated heterocycles. The SMILES string of the molecule is CC1(C)[C@@H](O[C@H]2O[C@H](C(=O)[O-])[C@@H](O)[C@H](O)[C@H]2O[C@@H]2O[C@H](C(=O)[O-])[C@@H](O)[C@H](O)[C@H]2O)CC[C@]2(C)[C@H]3C(=O)C=C4[C@H]5C[C@@](C)(C(=O)O)CC[C@]5(C)CC[C@@]4(C)[C@]3(C)CC[C@@H]12.O.O.O.O.[Mg+2]. The number of carbonyl (C=O) groups is 4. The van der Waals surface area contributed by atoms with Crippen molar-refractivity contribution in [2.45, 2.75) is 174 Å². The molecule has 0 aromatic rings. The van der Waals surface area contributed by atoms with E-state index in [0.29, 0.717) is 38.5 Å². The third-order valence-electron chi connectivity index (χ3n) is 17.2. The Morgan fingerprint density at radius 2 is 1.24 bits per heavy atom. The van der Waals surface area contributed by atoms with E-state index in [1.54, 1.807) is 0 Å². The van der Waals surface area contributed by atoms with Gasteiger partial charge in [0.25, 0.3) is 0 Å². The van der Waals surface area contributed by atoms with Crippen molar-refractivity contribution in [1.82, 2.24) is 0 Å². The number of allylic oxidation sites excluding steroid dienone is 2. The molecule has 20 nitrogen and oxygen atoms in total. The zero-order valence-corrected chi connectivity index (χ0v) is 38.4. The van der Waals surface area contributed by atoms with Gasteiger partial charge in [0, 0.05) is 5.92 Å². The Balaban J connectivity index is 0.00000273. The van der Waals surface area contributed by atoms with Crippen LogP contribution in [0.4, 0.5) is 0 Å². The molecule has 0 unspecified atom stereocenters. The largest absolute Gasteiger partial charge is 2.00 e. The van der Waals surface area contributed by atoms with Gasteiger partial charge in [-0.1, -0.05) is 47.1 Å². The number of ether oxygens (including phenoxy) is 4. The van der Waals surface area contributed by atoms with Gasteiger partial charge in [-0.25, -0.2) is 0 Å². The van der Waals surface area contributed by atoms with Gasteiger partial charge in [-0.2, -0.15) is 0 Å². The van der Waals surface area contributed by atoms with Gasteiger partial charge in [0.05, 0.1) is 23.5 Å². The number of aliphatic hydroxyl groups excluding tert-OH is 5. The maximum Gasteiger partial charge on any atom is 2.00 e. The first kappa shape index (κ1) is 57.2. The average molecular weight is 917 g/mol. The molecule has 14 N–H and O–H groups in total. The fourth-order valence-electron chi connectivity index (χ4n) is 13.4. The van der Waals surface area contributed by atoms with Gasteiger partial charge < -0.3 is 91.3 Å². The van der Waals surface area contributed by atoms with Gasteiger partial charge in [-0.15, -0.1) is 0 Å². The number of fused-ring (bicyclic) bond motifs is 7. The number of aliphatic hydroxyl groups is 5. The van der Waals surface area contributed by atoms with Gasteiger partial charge >= 0.3 is 29.0 Å². The molecule has 6 fully saturated rings. The molecule has 19 atom stereocenters. The van der Waals surface area contributed by atoms with E-state index in [9.17, 15) is 60.0 Å². The molecule has 358 valence electrons. The summed E-state index contributed by atoms with van der Waals surface area (Å²) in [7, 11) is 0. The second-order valence-corrected chi connectivity index (χ2v) is 20.6. The summed E-state index contributed by atoms with van der Waals surface area (Å²) in [6, 6.07) is 0. The fraction of sp³-hybridized carbons (Fsp3) is 0.857. The summed E-state index contributed by atoms with van der Waals surface area (Å²) in [6.07, 6.45) is -13.1. The number of aliphatic carboxylic acids is 3. The molecular weight excluding hydrogens is 849 g/mol.